The van der Waals surface area contributed by atoms with E-state index in [2.05, 4.69) is 10.9 Å². The van der Waals surface area contributed by atoms with Crippen LogP contribution >= 0.6 is 11.6 Å². The molecule has 0 unspecified atom stereocenters. The number of nitrogens with one attached hydrogen (secondary N) is 2. The van der Waals surface area contributed by atoms with Crippen LogP contribution in [-0.2, 0) is 4.74 Å². The van der Waals surface area contributed by atoms with Gasteiger partial charge in [0.15, 0.2) is 0 Å². The van der Waals surface area contributed by atoms with Crippen LogP contribution in [-0.4, -0.2) is 17.2 Å². The fourth-order valence-electron chi connectivity index (χ4n) is 0.543. The number of hydrogen-bond acceptors (Lipinski definition) is 3. The first-order valence-electron chi connectivity index (χ1n) is 4.23. The molecule has 5 heteroatoms. The minimum atomic E-state index is -0.522. The van der Waals surface area contributed by atoms with Gasteiger partial charge in [-0.25, -0.2) is 10.2 Å². The molecule has 2 N–H and O–H groups in total. The van der Waals surface area contributed by atoms with E-state index in [4.69, 9.17) is 16.3 Å². The van der Waals surface area contributed by atoms with Crippen molar-refractivity contribution >= 4 is 17.7 Å². The normalized spacial score (nSPS) is 13.6. The van der Waals surface area contributed by atoms with Crippen molar-refractivity contribution in [3.8, 4) is 0 Å². The monoisotopic (exact) mass is 208 g/mol. The number of alkyl halides is 1. The lowest BCUT2D eigenvalue weighted by Gasteiger charge is -2.20. The van der Waals surface area contributed by atoms with Crippen molar-refractivity contribution in [1.29, 1.82) is 0 Å². The first kappa shape index (κ1) is 12.5. The number of hydrogen-bond donors (Lipinski definition) is 2. The summed E-state index contributed by atoms with van der Waals surface area (Å²) in [6.07, 6.45) is 0.198. The fourth-order valence-corrected chi connectivity index (χ4v) is 0.597. The van der Waals surface area contributed by atoms with Gasteiger partial charge in [-0.15, -0.1) is 11.6 Å². The predicted octanol–water partition coefficient (Wildman–Crippen LogP) is 1.99. The summed E-state index contributed by atoms with van der Waals surface area (Å²) in [6.45, 7) is 7.29. The summed E-state index contributed by atoms with van der Waals surface area (Å²) in [7, 11) is 0. The second-order valence-corrected chi connectivity index (χ2v) is 4.17. The zero-order chi connectivity index (χ0) is 10.5. The molecule has 4 nitrogen and oxygen atoms in total. The summed E-state index contributed by atoms with van der Waals surface area (Å²) < 4.78 is 4.96. The third-order valence-corrected chi connectivity index (χ3v) is 1.51. The Morgan fingerprint density at radius 2 is 2.08 bits per heavy atom. The van der Waals surface area contributed by atoms with Crippen molar-refractivity contribution in [3.63, 3.8) is 0 Å². The van der Waals surface area contributed by atoms with E-state index in [1.807, 2.05) is 6.92 Å². The predicted molar refractivity (Wildman–Crippen MR) is 52.4 cm³/mol. The highest BCUT2D eigenvalue weighted by Gasteiger charge is 2.16. The second kappa shape index (κ2) is 5.29. The van der Waals surface area contributed by atoms with Crippen LogP contribution in [0, 0.1) is 0 Å². The maximum atomic E-state index is 11.0. The van der Waals surface area contributed by atoms with Gasteiger partial charge in [-0.05, 0) is 27.2 Å². The summed E-state index contributed by atoms with van der Waals surface area (Å²) in [5.41, 5.74) is 4.19. The van der Waals surface area contributed by atoms with Crippen molar-refractivity contribution < 1.29 is 9.53 Å². The Balaban J connectivity index is 3.64. The number of ether oxygens (including phenoxy) is 1. The largest absolute Gasteiger partial charge is 0.443 e. The molecule has 0 saturated carbocycles. The average molecular weight is 209 g/mol. The molecule has 0 rings (SSSR count). The topological polar surface area (TPSA) is 50.4 Å². The molecule has 1 amide bonds. The second-order valence-electron chi connectivity index (χ2n) is 3.65. The molecule has 0 aliphatic heterocycles. The molecular formula is C8H17ClN2O2. The number of halogens is 1. The molecule has 13 heavy (non-hydrogen) atoms. The average Bonchev–Trinajstić information content (AvgIpc) is 1.97. The highest BCUT2D eigenvalue weighted by Crippen LogP contribution is 2.06. The first-order valence-corrected chi connectivity index (χ1v) is 4.67. The Kier molecular flexibility index (Phi) is 5.10. The van der Waals surface area contributed by atoms with E-state index >= 15 is 0 Å². The summed E-state index contributed by atoms with van der Waals surface area (Å²) in [6, 6.07) is 0. The molecular weight excluding hydrogens is 192 g/mol. The van der Waals surface area contributed by atoms with Gasteiger partial charge in [0.25, 0.3) is 0 Å². The molecule has 78 valence electrons. The zero-order valence-corrected chi connectivity index (χ0v) is 9.23. The maximum absolute atomic E-state index is 11.0. The van der Waals surface area contributed by atoms with Gasteiger partial charge in [-0.2, -0.15) is 0 Å². The van der Waals surface area contributed by atoms with Crippen LogP contribution in [0.1, 0.15) is 34.1 Å². The molecule has 0 saturated heterocycles. The van der Waals surface area contributed by atoms with Crippen LogP contribution in [0.4, 0.5) is 4.79 Å². The molecule has 0 aliphatic rings. The van der Waals surface area contributed by atoms with Crippen molar-refractivity contribution in [3.05, 3.63) is 0 Å². The van der Waals surface area contributed by atoms with Crippen molar-refractivity contribution in [1.82, 2.24) is 10.9 Å². The van der Waals surface area contributed by atoms with Crippen molar-refractivity contribution in [2.75, 3.05) is 0 Å². The molecule has 0 heterocycles. The highest BCUT2D eigenvalue weighted by molar-refractivity contribution is 6.20. The van der Waals surface area contributed by atoms with Gasteiger partial charge in [-0.1, -0.05) is 6.92 Å². The molecule has 0 radical (unpaired) electrons. The quantitative estimate of drug-likeness (QED) is 0.424. The lowest BCUT2D eigenvalue weighted by molar-refractivity contribution is 0.0495. The molecule has 1 atom stereocenters. The van der Waals surface area contributed by atoms with Gasteiger partial charge in [0.05, 0.1) is 5.50 Å². The molecule has 0 aromatic rings. The van der Waals surface area contributed by atoms with Crippen LogP contribution in [0.2, 0.25) is 0 Å². The minimum Gasteiger partial charge on any atom is -0.443 e. The standard InChI is InChI=1S/C8H17ClN2O2/c1-5-6(9)10-11-7(12)13-8(2,3)4/h6,10H,5H2,1-4H3,(H,11,12)/t6-/m0/s1. The van der Waals surface area contributed by atoms with E-state index in [0.717, 1.165) is 6.42 Å². The molecule has 0 aromatic carbocycles. The number of hydrazine groups is 1. The lowest BCUT2D eigenvalue weighted by atomic mass is 10.2. The summed E-state index contributed by atoms with van der Waals surface area (Å²) >= 11 is 5.70. The highest BCUT2D eigenvalue weighted by atomic mass is 35.5. The van der Waals surface area contributed by atoms with E-state index in [9.17, 15) is 4.79 Å². The molecule has 0 bridgehead atoms. The van der Waals surface area contributed by atoms with Crippen LogP contribution in [0.5, 0.6) is 0 Å². The van der Waals surface area contributed by atoms with Crippen LogP contribution in [0.25, 0.3) is 0 Å². The van der Waals surface area contributed by atoms with Crippen LogP contribution in [0.3, 0.4) is 0 Å². The molecule has 0 aliphatic carbocycles. The third-order valence-electron chi connectivity index (χ3n) is 1.09. The summed E-state index contributed by atoms with van der Waals surface area (Å²) in [5.74, 6) is 0. The van der Waals surface area contributed by atoms with Gasteiger partial charge in [0, 0.05) is 0 Å². The van der Waals surface area contributed by atoms with E-state index < -0.39 is 11.7 Å². The number of carbonyl (C=O) groups is 1. The smallest absolute Gasteiger partial charge is 0.422 e. The Hall–Kier alpha value is -0.480. The van der Waals surface area contributed by atoms with Gasteiger partial charge in [0.1, 0.15) is 5.60 Å². The molecule has 0 spiro atoms. The van der Waals surface area contributed by atoms with E-state index in [1.54, 1.807) is 20.8 Å². The number of rotatable bonds is 3. The number of amides is 1. The Bertz CT molecular complexity index is 168. The third kappa shape index (κ3) is 7.87. The Morgan fingerprint density at radius 3 is 2.46 bits per heavy atom. The van der Waals surface area contributed by atoms with E-state index in [0.29, 0.717) is 0 Å². The number of carbonyl (C=O) groups excluding carboxylic acids is 1. The van der Waals surface area contributed by atoms with Gasteiger partial charge >= 0.3 is 6.09 Å². The lowest BCUT2D eigenvalue weighted by Crippen LogP contribution is -2.44. The molecule has 0 fully saturated rings. The van der Waals surface area contributed by atoms with Gasteiger partial charge in [0.2, 0.25) is 0 Å². The SMILES string of the molecule is CC[C@@H](Cl)NNC(=O)OC(C)(C)C. The molecule has 0 aromatic heterocycles. The minimum absolute atomic E-state index is 0.271. The van der Waals surface area contributed by atoms with Crippen molar-refractivity contribution in [2.24, 2.45) is 0 Å². The Morgan fingerprint density at radius 1 is 1.54 bits per heavy atom. The van der Waals surface area contributed by atoms with E-state index in [1.165, 1.54) is 0 Å². The van der Waals surface area contributed by atoms with Crippen molar-refractivity contribution in [2.45, 2.75) is 45.2 Å². The van der Waals surface area contributed by atoms with Gasteiger partial charge < -0.3 is 4.74 Å². The van der Waals surface area contributed by atoms with E-state index in [-0.39, 0.29) is 5.50 Å². The summed E-state index contributed by atoms with van der Waals surface area (Å²) in [4.78, 5) is 11.0. The maximum Gasteiger partial charge on any atom is 0.422 e. The zero-order valence-electron chi connectivity index (χ0n) is 8.48. The first-order chi connectivity index (χ1) is 5.85. The fraction of sp³-hybridized carbons (Fsp3) is 0.875. The Labute approximate surface area is 83.9 Å². The van der Waals surface area contributed by atoms with Crippen LogP contribution in [0.15, 0.2) is 0 Å². The summed E-state index contributed by atoms with van der Waals surface area (Å²) in [5, 5.41) is 0. The van der Waals surface area contributed by atoms with Crippen LogP contribution < -0.4 is 10.9 Å². The van der Waals surface area contributed by atoms with Gasteiger partial charge in [-0.3, -0.25) is 5.43 Å².